The summed E-state index contributed by atoms with van der Waals surface area (Å²) in [6.45, 7) is 66.0. The quantitative estimate of drug-likeness (QED) is 0.131. The average Bonchev–Trinajstić information content (AvgIpc) is 3.02. The Morgan fingerprint density at radius 2 is 0.549 bits per heavy atom. The van der Waals surface area contributed by atoms with Gasteiger partial charge in [-0.1, -0.05) is 227 Å². The number of allylic oxidation sites excluding steroid dienone is 4. The Morgan fingerprint density at radius 1 is 0.333 bits per heavy atom. The Labute approximate surface area is 333 Å². The van der Waals surface area contributed by atoms with Gasteiger partial charge in [-0.05, 0) is 81.5 Å². The minimum Gasteiger partial charge on any atom is -0.103 e. The molecule has 0 saturated heterocycles. The van der Waals surface area contributed by atoms with E-state index in [1.165, 1.54) is 70.6 Å². The van der Waals surface area contributed by atoms with E-state index in [2.05, 4.69) is 165 Å². The van der Waals surface area contributed by atoms with Gasteiger partial charge in [-0.3, -0.25) is 0 Å². The molecule has 0 bridgehead atoms. The molecule has 0 heteroatoms. The molecule has 51 heavy (non-hydrogen) atoms. The van der Waals surface area contributed by atoms with E-state index in [4.69, 9.17) is 0 Å². The molecule has 0 aliphatic rings. The Morgan fingerprint density at radius 3 is 0.647 bits per heavy atom. The van der Waals surface area contributed by atoms with Crippen molar-refractivity contribution in [1.82, 2.24) is 0 Å². The van der Waals surface area contributed by atoms with E-state index >= 15 is 0 Å². The van der Waals surface area contributed by atoms with Gasteiger partial charge < -0.3 is 0 Å². The van der Waals surface area contributed by atoms with Crippen molar-refractivity contribution in [2.45, 2.75) is 237 Å². The maximum Gasteiger partial charge on any atom is -0.0443 e. The second-order valence-electron chi connectivity index (χ2n) is 16.4. The summed E-state index contributed by atoms with van der Waals surface area (Å²) < 4.78 is 0. The predicted octanol–water partition coefficient (Wildman–Crippen LogP) is 20.3. The summed E-state index contributed by atoms with van der Waals surface area (Å²) in [6.07, 6.45) is 22.0. The molecular weight excluding hydrogens is 613 g/mol. The van der Waals surface area contributed by atoms with Crippen LogP contribution in [0.3, 0.4) is 0 Å². The van der Waals surface area contributed by atoms with Crippen LogP contribution in [-0.2, 0) is 0 Å². The molecule has 0 aromatic carbocycles. The molecule has 0 rings (SSSR count). The fraction of sp³-hybridized carbons (Fsp3) is 0.843. The molecule has 1 atom stereocenters. The van der Waals surface area contributed by atoms with Gasteiger partial charge in [-0.15, -0.1) is 26.3 Å². The van der Waals surface area contributed by atoms with Crippen molar-refractivity contribution in [3.05, 3.63) is 50.6 Å². The van der Waals surface area contributed by atoms with E-state index in [-0.39, 0.29) is 0 Å². The van der Waals surface area contributed by atoms with Crippen LogP contribution in [0, 0.1) is 47.3 Å². The maximum atomic E-state index is 3.36. The van der Waals surface area contributed by atoms with Crippen LogP contribution in [0.4, 0.5) is 0 Å². The molecule has 0 aromatic heterocycles. The first-order valence-corrected chi connectivity index (χ1v) is 21.8. The second-order valence-corrected chi connectivity index (χ2v) is 16.4. The van der Waals surface area contributed by atoms with E-state index in [0.717, 1.165) is 47.3 Å². The number of rotatable bonds is 13. The topological polar surface area (TPSA) is 0 Å². The van der Waals surface area contributed by atoms with Crippen molar-refractivity contribution in [2.24, 2.45) is 47.3 Å². The standard InChI is InChI=1S/3C8H18.3C5H12.4C3H6/c1-7(2)5-6-8(3)4;1-5-8(4)6-7(2)3;1-4-5-6-7-8(2)3;3*1-4-5(2)3;4*1-3-2/h2*7-8H,5-6H2,1-4H3;8H,4-7H2,1-3H3;3*5H,4H2,1-3H3;4*3H,1H2,2H3/t;8-;;;;;;;;/m.0......../s1. The van der Waals surface area contributed by atoms with Crippen molar-refractivity contribution in [3.8, 4) is 0 Å². The third-order valence-electron chi connectivity index (χ3n) is 6.73. The molecule has 0 fully saturated rings. The molecule has 0 amide bonds. The van der Waals surface area contributed by atoms with Crippen molar-refractivity contribution in [3.63, 3.8) is 0 Å². The first kappa shape index (κ1) is 75.0. The Balaban J connectivity index is -0.0000000469. The SMILES string of the molecule is C=CC.C=CC.C=CC.C=CC.CC(C)CCC(C)C.CCC(C)C.CCC(C)C.CCC(C)C.CCCCCC(C)C.CC[C@H](C)CC(C)C. The molecule has 0 N–H and O–H groups in total. The van der Waals surface area contributed by atoms with E-state index in [0.29, 0.717) is 0 Å². The maximum absolute atomic E-state index is 3.36. The molecule has 0 radical (unpaired) electrons. The van der Waals surface area contributed by atoms with Crippen molar-refractivity contribution >= 4 is 0 Å². The first-order valence-electron chi connectivity index (χ1n) is 21.8. The number of hydrogen-bond acceptors (Lipinski definition) is 0. The van der Waals surface area contributed by atoms with Gasteiger partial charge in [0.1, 0.15) is 0 Å². The zero-order valence-electron chi connectivity index (χ0n) is 41.5. The van der Waals surface area contributed by atoms with Gasteiger partial charge in [0.15, 0.2) is 0 Å². The van der Waals surface area contributed by atoms with Crippen LogP contribution in [0.25, 0.3) is 0 Å². The summed E-state index contributed by atoms with van der Waals surface area (Å²) in [7, 11) is 0. The summed E-state index contributed by atoms with van der Waals surface area (Å²) in [5, 5.41) is 0. The van der Waals surface area contributed by atoms with Crippen LogP contribution >= 0.6 is 0 Å². The highest BCUT2D eigenvalue weighted by Crippen LogP contribution is 2.13. The van der Waals surface area contributed by atoms with Gasteiger partial charge in [0, 0.05) is 0 Å². The lowest BCUT2D eigenvalue weighted by atomic mass is 9.97. The molecule has 0 aliphatic heterocycles. The minimum atomic E-state index is 0.880. The van der Waals surface area contributed by atoms with E-state index in [9.17, 15) is 0 Å². The van der Waals surface area contributed by atoms with Crippen LogP contribution in [-0.4, -0.2) is 0 Å². The average molecular weight is 727 g/mol. The number of hydrogen-bond donors (Lipinski definition) is 0. The predicted molar refractivity (Wildman–Crippen MR) is 256 cm³/mol. The van der Waals surface area contributed by atoms with Crippen LogP contribution in [0.15, 0.2) is 50.6 Å². The van der Waals surface area contributed by atoms with Crippen LogP contribution < -0.4 is 0 Å². The van der Waals surface area contributed by atoms with E-state index in [1.54, 1.807) is 24.3 Å². The van der Waals surface area contributed by atoms with Crippen molar-refractivity contribution < 1.29 is 0 Å². The van der Waals surface area contributed by atoms with Crippen LogP contribution in [0.1, 0.15) is 237 Å². The fourth-order valence-electron chi connectivity index (χ4n) is 2.44. The molecule has 0 aliphatic carbocycles. The minimum absolute atomic E-state index is 0.880. The molecule has 0 saturated carbocycles. The lowest BCUT2D eigenvalue weighted by molar-refractivity contribution is 0.429. The summed E-state index contributed by atoms with van der Waals surface area (Å²) >= 11 is 0. The van der Waals surface area contributed by atoms with Crippen LogP contribution in [0.5, 0.6) is 0 Å². The van der Waals surface area contributed by atoms with Gasteiger partial charge in [0.2, 0.25) is 0 Å². The molecule has 0 heterocycles. The summed E-state index contributed by atoms with van der Waals surface area (Å²) in [5.41, 5.74) is 0. The zero-order chi connectivity index (χ0) is 43.2. The Kier molecular flexibility index (Phi) is 115. The largest absolute Gasteiger partial charge is 0.103 e. The lowest BCUT2D eigenvalue weighted by Gasteiger charge is -2.09. The van der Waals surface area contributed by atoms with Gasteiger partial charge in [-0.2, -0.15) is 0 Å². The van der Waals surface area contributed by atoms with Gasteiger partial charge in [0.05, 0.1) is 0 Å². The fourth-order valence-corrected chi connectivity index (χ4v) is 2.44. The normalized spacial score (nSPS) is 9.55. The summed E-state index contributed by atoms with van der Waals surface area (Å²) in [5.74, 6) is 7.14. The highest BCUT2D eigenvalue weighted by Gasteiger charge is 2.00. The second kappa shape index (κ2) is 78.2. The first-order chi connectivity index (χ1) is 23.5. The van der Waals surface area contributed by atoms with Crippen LogP contribution in [0.2, 0.25) is 0 Å². The Bertz CT molecular complexity index is 449. The van der Waals surface area contributed by atoms with Gasteiger partial charge >= 0.3 is 0 Å². The Hall–Kier alpha value is -1.04. The van der Waals surface area contributed by atoms with Gasteiger partial charge in [0.25, 0.3) is 0 Å². The van der Waals surface area contributed by atoms with E-state index < -0.39 is 0 Å². The van der Waals surface area contributed by atoms with E-state index in [1.807, 2.05) is 27.7 Å². The molecule has 0 unspecified atom stereocenters. The van der Waals surface area contributed by atoms with Crippen molar-refractivity contribution in [1.29, 1.82) is 0 Å². The molecule has 0 aromatic rings. The third-order valence-corrected chi connectivity index (χ3v) is 6.73. The molecule has 318 valence electrons. The van der Waals surface area contributed by atoms with Crippen molar-refractivity contribution in [2.75, 3.05) is 0 Å². The molecule has 0 spiro atoms. The summed E-state index contributed by atoms with van der Waals surface area (Å²) in [6, 6.07) is 0. The lowest BCUT2D eigenvalue weighted by Crippen LogP contribution is -1.97. The monoisotopic (exact) mass is 727 g/mol. The highest BCUT2D eigenvalue weighted by atomic mass is 14.1. The smallest absolute Gasteiger partial charge is 0.0443 e. The molecule has 0 nitrogen and oxygen atoms in total. The summed E-state index contributed by atoms with van der Waals surface area (Å²) in [4.78, 5) is 0. The van der Waals surface area contributed by atoms with Gasteiger partial charge in [-0.25, -0.2) is 0 Å². The highest BCUT2D eigenvalue weighted by molar-refractivity contribution is 4.53. The molecular formula is C51H114. The number of unbranched alkanes of at least 4 members (excludes halogenated alkanes) is 2. The zero-order valence-corrected chi connectivity index (χ0v) is 41.5. The third kappa shape index (κ3) is 246.